The summed E-state index contributed by atoms with van der Waals surface area (Å²) < 4.78 is 7.80. The monoisotopic (exact) mass is 259 g/mol. The molecule has 0 radical (unpaired) electrons. The van der Waals surface area contributed by atoms with Crippen molar-refractivity contribution in [3.05, 3.63) is 36.3 Å². The zero-order chi connectivity index (χ0) is 13.1. The number of aromatic nitrogens is 2. The quantitative estimate of drug-likeness (QED) is 0.918. The summed E-state index contributed by atoms with van der Waals surface area (Å²) in [5.74, 6) is 0. The number of fused-ring (bicyclic) bond motifs is 1. The highest BCUT2D eigenvalue weighted by molar-refractivity contribution is 5.39. The van der Waals surface area contributed by atoms with Crippen molar-refractivity contribution in [2.45, 2.75) is 44.2 Å². The first-order valence-electron chi connectivity index (χ1n) is 7.04. The van der Waals surface area contributed by atoms with Gasteiger partial charge in [-0.25, -0.2) is 4.98 Å². The summed E-state index contributed by atoms with van der Waals surface area (Å²) in [5.41, 5.74) is 8.16. The predicted molar refractivity (Wildman–Crippen MR) is 74.9 cm³/mol. The van der Waals surface area contributed by atoms with Crippen molar-refractivity contribution in [3.8, 4) is 0 Å². The summed E-state index contributed by atoms with van der Waals surface area (Å²) in [6.07, 6.45) is 9.95. The van der Waals surface area contributed by atoms with Gasteiger partial charge in [0, 0.05) is 17.9 Å². The van der Waals surface area contributed by atoms with Crippen LogP contribution >= 0.6 is 0 Å². The molecule has 2 N–H and O–H groups in total. The highest BCUT2D eigenvalue weighted by Crippen LogP contribution is 2.26. The van der Waals surface area contributed by atoms with Gasteiger partial charge in [0.15, 0.2) is 0 Å². The number of imidazole rings is 1. The third-order valence-electron chi connectivity index (χ3n) is 3.90. The van der Waals surface area contributed by atoms with Crippen molar-refractivity contribution < 1.29 is 4.74 Å². The average molecular weight is 259 g/mol. The second kappa shape index (κ2) is 5.31. The highest BCUT2D eigenvalue weighted by atomic mass is 16.5. The number of hydrogen-bond donors (Lipinski definition) is 1. The third-order valence-corrected chi connectivity index (χ3v) is 3.90. The molecule has 2 aromatic rings. The Bertz CT molecular complexity index is 510. The summed E-state index contributed by atoms with van der Waals surface area (Å²) in [6, 6.07) is 5.98. The van der Waals surface area contributed by atoms with Gasteiger partial charge in [-0.15, -0.1) is 0 Å². The van der Waals surface area contributed by atoms with E-state index in [2.05, 4.69) is 4.98 Å². The van der Waals surface area contributed by atoms with Crippen molar-refractivity contribution in [1.82, 2.24) is 9.38 Å². The largest absolute Gasteiger partial charge is 0.373 e. The third kappa shape index (κ3) is 2.96. The van der Waals surface area contributed by atoms with E-state index in [1.54, 1.807) is 0 Å². The smallest absolute Gasteiger partial charge is 0.137 e. The van der Waals surface area contributed by atoms with E-state index in [4.69, 9.17) is 10.5 Å². The summed E-state index contributed by atoms with van der Waals surface area (Å²) in [5, 5.41) is 0. The molecule has 0 bridgehead atoms. The molecule has 2 heterocycles. The van der Waals surface area contributed by atoms with Crippen LogP contribution in [-0.2, 0) is 11.3 Å². The van der Waals surface area contributed by atoms with Crippen molar-refractivity contribution in [3.63, 3.8) is 0 Å². The molecule has 2 aromatic heterocycles. The predicted octanol–water partition coefficient (Wildman–Crippen LogP) is 2.51. The van der Waals surface area contributed by atoms with Gasteiger partial charge in [0.05, 0.1) is 18.9 Å². The molecule has 0 atom stereocenters. The van der Waals surface area contributed by atoms with Gasteiger partial charge in [0.2, 0.25) is 0 Å². The van der Waals surface area contributed by atoms with Crippen molar-refractivity contribution >= 4 is 5.65 Å². The number of nitrogens with two attached hydrogens (primary N) is 1. The summed E-state index contributed by atoms with van der Waals surface area (Å²) >= 11 is 0. The Balaban J connectivity index is 1.57. The lowest BCUT2D eigenvalue weighted by molar-refractivity contribution is 0.0560. The summed E-state index contributed by atoms with van der Waals surface area (Å²) in [7, 11) is 0. The second-order valence-corrected chi connectivity index (χ2v) is 5.61. The van der Waals surface area contributed by atoms with Crippen LogP contribution in [0.2, 0.25) is 0 Å². The number of ether oxygens (including phenoxy) is 1. The molecule has 4 nitrogen and oxygen atoms in total. The van der Waals surface area contributed by atoms with Crippen molar-refractivity contribution in [2.75, 3.05) is 6.61 Å². The Labute approximate surface area is 113 Å². The van der Waals surface area contributed by atoms with Gasteiger partial charge in [-0.1, -0.05) is 25.3 Å². The molecule has 0 amide bonds. The average Bonchev–Trinajstić information content (AvgIpc) is 2.82. The summed E-state index contributed by atoms with van der Waals surface area (Å²) in [6.45, 7) is 1.18. The van der Waals surface area contributed by atoms with Crippen LogP contribution in [0.1, 0.15) is 37.8 Å². The van der Waals surface area contributed by atoms with Crippen LogP contribution in [0.4, 0.5) is 0 Å². The fourth-order valence-corrected chi connectivity index (χ4v) is 2.82. The van der Waals surface area contributed by atoms with Gasteiger partial charge in [-0.3, -0.25) is 0 Å². The molecule has 19 heavy (non-hydrogen) atoms. The lowest BCUT2D eigenvalue weighted by atomic mass is 9.83. The zero-order valence-corrected chi connectivity index (χ0v) is 11.2. The molecule has 0 spiro atoms. The van der Waals surface area contributed by atoms with Crippen LogP contribution in [0.15, 0.2) is 30.6 Å². The first-order valence-corrected chi connectivity index (χ1v) is 7.04. The molecule has 1 aliphatic rings. The number of nitrogens with zero attached hydrogens (tertiary/aromatic N) is 2. The van der Waals surface area contributed by atoms with Crippen LogP contribution in [0.3, 0.4) is 0 Å². The van der Waals surface area contributed by atoms with E-state index in [1.807, 2.05) is 35.0 Å². The zero-order valence-electron chi connectivity index (χ0n) is 11.2. The van der Waals surface area contributed by atoms with E-state index in [1.165, 1.54) is 19.3 Å². The molecular weight excluding hydrogens is 238 g/mol. The molecular formula is C15H21N3O. The molecule has 1 saturated carbocycles. The molecule has 3 rings (SSSR count). The second-order valence-electron chi connectivity index (χ2n) is 5.61. The molecule has 102 valence electrons. The first-order chi connectivity index (χ1) is 9.25. The maximum Gasteiger partial charge on any atom is 0.137 e. The highest BCUT2D eigenvalue weighted by Gasteiger charge is 2.27. The van der Waals surface area contributed by atoms with E-state index in [0.29, 0.717) is 13.2 Å². The molecule has 1 aliphatic carbocycles. The maximum absolute atomic E-state index is 6.35. The molecule has 0 unspecified atom stereocenters. The lowest BCUT2D eigenvalue weighted by Crippen LogP contribution is -2.46. The van der Waals surface area contributed by atoms with Crippen LogP contribution in [0.5, 0.6) is 0 Å². The standard InChI is InChI=1S/C15H21N3O/c16-15(7-3-1-4-8-15)12-19-11-13-10-18-9-5-2-6-14(18)17-13/h2,5-6,9-10H,1,3-4,7-8,11-12,16H2. The van der Waals surface area contributed by atoms with Gasteiger partial charge < -0.3 is 14.9 Å². The van der Waals surface area contributed by atoms with Crippen LogP contribution in [-0.4, -0.2) is 21.5 Å². The fraction of sp³-hybridized carbons (Fsp3) is 0.533. The maximum atomic E-state index is 6.35. The van der Waals surface area contributed by atoms with Crippen LogP contribution < -0.4 is 5.73 Å². The minimum Gasteiger partial charge on any atom is -0.373 e. The minimum atomic E-state index is -0.114. The van der Waals surface area contributed by atoms with E-state index in [9.17, 15) is 0 Å². The normalized spacial score (nSPS) is 18.8. The van der Waals surface area contributed by atoms with E-state index >= 15 is 0 Å². The summed E-state index contributed by atoms with van der Waals surface area (Å²) in [4.78, 5) is 4.52. The molecule has 0 aliphatic heterocycles. The molecule has 0 aromatic carbocycles. The van der Waals surface area contributed by atoms with Gasteiger partial charge in [0.25, 0.3) is 0 Å². The Morgan fingerprint density at radius 2 is 2.11 bits per heavy atom. The topological polar surface area (TPSA) is 52.5 Å². The van der Waals surface area contributed by atoms with E-state index < -0.39 is 0 Å². The number of hydrogen-bond acceptors (Lipinski definition) is 3. The lowest BCUT2D eigenvalue weighted by Gasteiger charge is -2.32. The van der Waals surface area contributed by atoms with Gasteiger partial charge >= 0.3 is 0 Å². The van der Waals surface area contributed by atoms with Gasteiger partial charge in [-0.2, -0.15) is 0 Å². The Morgan fingerprint density at radius 3 is 2.89 bits per heavy atom. The Morgan fingerprint density at radius 1 is 1.26 bits per heavy atom. The van der Waals surface area contributed by atoms with Crippen LogP contribution in [0.25, 0.3) is 5.65 Å². The number of pyridine rings is 1. The van der Waals surface area contributed by atoms with Crippen LogP contribution in [0, 0.1) is 0 Å². The van der Waals surface area contributed by atoms with Gasteiger partial charge in [0.1, 0.15) is 5.65 Å². The molecule has 1 fully saturated rings. The SMILES string of the molecule is NC1(COCc2cn3ccccc3n2)CCCCC1. The molecule has 0 saturated heterocycles. The van der Waals surface area contributed by atoms with E-state index in [-0.39, 0.29) is 5.54 Å². The number of rotatable bonds is 4. The van der Waals surface area contributed by atoms with Crippen molar-refractivity contribution in [2.24, 2.45) is 5.73 Å². The Hall–Kier alpha value is -1.39. The minimum absolute atomic E-state index is 0.114. The fourth-order valence-electron chi connectivity index (χ4n) is 2.82. The van der Waals surface area contributed by atoms with Gasteiger partial charge in [-0.05, 0) is 25.0 Å². The first kappa shape index (κ1) is 12.6. The van der Waals surface area contributed by atoms with Crippen molar-refractivity contribution in [1.29, 1.82) is 0 Å². The Kier molecular flexibility index (Phi) is 3.53. The molecule has 4 heteroatoms. The van der Waals surface area contributed by atoms with E-state index in [0.717, 1.165) is 24.2 Å².